The minimum atomic E-state index is -3.19. The molecule has 0 aromatic heterocycles. The van der Waals surface area contributed by atoms with E-state index in [-0.39, 0.29) is 17.2 Å². The van der Waals surface area contributed by atoms with E-state index >= 15 is 0 Å². The first-order valence-corrected chi connectivity index (χ1v) is 8.06. The Morgan fingerprint density at radius 3 is 2.65 bits per heavy atom. The van der Waals surface area contributed by atoms with E-state index in [4.69, 9.17) is 0 Å². The lowest BCUT2D eigenvalue weighted by Gasteiger charge is -2.14. The summed E-state index contributed by atoms with van der Waals surface area (Å²) < 4.78 is 23.6. The van der Waals surface area contributed by atoms with Gasteiger partial charge in [-0.3, -0.25) is 4.79 Å². The van der Waals surface area contributed by atoms with Crippen LogP contribution in [0.1, 0.15) is 22.3 Å². The predicted octanol–water partition coefficient (Wildman–Crippen LogP) is 0.712. The molecule has 2 N–H and O–H groups in total. The molecule has 112 valence electrons. The molecule has 0 heterocycles. The molecule has 0 aliphatic rings. The third-order valence-corrected chi connectivity index (χ3v) is 4.21. The van der Waals surface area contributed by atoms with Gasteiger partial charge in [0.25, 0.3) is 5.91 Å². The maximum absolute atomic E-state index is 11.9. The standard InChI is InChI=1S/C13H20N2O4S/c1-10-5-6-12(16)11(9-10)13(17)14-7-4-8-15(2)20(3,18)19/h5-6,9,16H,4,7-8H2,1-3H3,(H,14,17). The number of sulfonamides is 1. The zero-order valence-electron chi connectivity index (χ0n) is 11.9. The Labute approximate surface area is 119 Å². The van der Waals surface area contributed by atoms with Crippen molar-refractivity contribution in [2.45, 2.75) is 13.3 Å². The molecule has 1 aromatic carbocycles. The molecule has 20 heavy (non-hydrogen) atoms. The van der Waals surface area contributed by atoms with E-state index in [0.717, 1.165) is 11.8 Å². The van der Waals surface area contributed by atoms with Gasteiger partial charge in [-0.2, -0.15) is 0 Å². The van der Waals surface area contributed by atoms with Crippen molar-refractivity contribution in [2.24, 2.45) is 0 Å². The van der Waals surface area contributed by atoms with Gasteiger partial charge in [-0.25, -0.2) is 12.7 Å². The van der Waals surface area contributed by atoms with Crippen LogP contribution in [0.4, 0.5) is 0 Å². The monoisotopic (exact) mass is 300 g/mol. The summed E-state index contributed by atoms with van der Waals surface area (Å²) in [7, 11) is -1.70. The van der Waals surface area contributed by atoms with Crippen LogP contribution in [0.25, 0.3) is 0 Å². The highest BCUT2D eigenvalue weighted by Gasteiger charge is 2.12. The molecule has 7 heteroatoms. The summed E-state index contributed by atoms with van der Waals surface area (Å²) in [6.07, 6.45) is 1.64. The van der Waals surface area contributed by atoms with Crippen LogP contribution in [0.5, 0.6) is 5.75 Å². The molecule has 0 saturated heterocycles. The third-order valence-electron chi connectivity index (χ3n) is 2.90. The van der Waals surface area contributed by atoms with Crippen LogP contribution >= 0.6 is 0 Å². The van der Waals surface area contributed by atoms with Crippen LogP contribution in [-0.2, 0) is 10.0 Å². The summed E-state index contributed by atoms with van der Waals surface area (Å²) in [6.45, 7) is 2.50. The lowest BCUT2D eigenvalue weighted by atomic mass is 10.1. The highest BCUT2D eigenvalue weighted by molar-refractivity contribution is 7.88. The summed E-state index contributed by atoms with van der Waals surface area (Å²) in [4.78, 5) is 11.9. The molecule has 0 spiro atoms. The Balaban J connectivity index is 2.47. The van der Waals surface area contributed by atoms with Gasteiger partial charge in [0.15, 0.2) is 0 Å². The second-order valence-corrected chi connectivity index (χ2v) is 6.80. The number of hydrogen-bond acceptors (Lipinski definition) is 4. The topological polar surface area (TPSA) is 86.7 Å². The minimum absolute atomic E-state index is 0.0682. The summed E-state index contributed by atoms with van der Waals surface area (Å²) in [5, 5.41) is 12.3. The number of rotatable bonds is 6. The van der Waals surface area contributed by atoms with Crippen molar-refractivity contribution in [2.75, 3.05) is 26.4 Å². The Hall–Kier alpha value is -1.60. The van der Waals surface area contributed by atoms with Crippen molar-refractivity contribution < 1.29 is 18.3 Å². The van der Waals surface area contributed by atoms with Gasteiger partial charge in [0.05, 0.1) is 11.8 Å². The van der Waals surface area contributed by atoms with Crippen molar-refractivity contribution in [1.82, 2.24) is 9.62 Å². The third kappa shape index (κ3) is 4.82. The molecular formula is C13H20N2O4S. The van der Waals surface area contributed by atoms with E-state index in [1.165, 1.54) is 17.4 Å². The number of aromatic hydroxyl groups is 1. The van der Waals surface area contributed by atoms with E-state index in [0.29, 0.717) is 19.5 Å². The van der Waals surface area contributed by atoms with Gasteiger partial charge in [0.1, 0.15) is 5.75 Å². The van der Waals surface area contributed by atoms with Crippen LogP contribution in [-0.4, -0.2) is 50.1 Å². The van der Waals surface area contributed by atoms with E-state index in [1.807, 2.05) is 6.92 Å². The molecule has 0 radical (unpaired) electrons. The SMILES string of the molecule is Cc1ccc(O)c(C(=O)NCCCN(C)S(C)(=O)=O)c1. The summed E-state index contributed by atoms with van der Waals surface area (Å²) in [5.74, 6) is -0.436. The average molecular weight is 300 g/mol. The Morgan fingerprint density at radius 1 is 1.40 bits per heavy atom. The number of amides is 1. The van der Waals surface area contributed by atoms with Gasteiger partial charge in [0, 0.05) is 20.1 Å². The van der Waals surface area contributed by atoms with E-state index in [2.05, 4.69) is 5.32 Å². The van der Waals surface area contributed by atoms with Gasteiger partial charge in [-0.15, -0.1) is 0 Å². The second kappa shape index (κ2) is 6.71. The molecule has 0 fully saturated rings. The molecular weight excluding hydrogens is 280 g/mol. The van der Waals surface area contributed by atoms with Crippen LogP contribution < -0.4 is 5.32 Å². The first-order valence-electron chi connectivity index (χ1n) is 6.21. The molecule has 6 nitrogen and oxygen atoms in total. The molecule has 0 aliphatic heterocycles. The Morgan fingerprint density at radius 2 is 2.05 bits per heavy atom. The number of aryl methyl sites for hydroxylation is 1. The van der Waals surface area contributed by atoms with E-state index in [1.54, 1.807) is 12.1 Å². The number of hydrogen-bond donors (Lipinski definition) is 2. The molecule has 0 aliphatic carbocycles. The fraction of sp³-hybridized carbons (Fsp3) is 0.462. The summed E-state index contributed by atoms with van der Waals surface area (Å²) in [6, 6.07) is 4.79. The number of carbonyl (C=O) groups excluding carboxylic acids is 1. The number of phenols is 1. The molecule has 0 saturated carbocycles. The maximum atomic E-state index is 11.9. The molecule has 1 aromatic rings. The highest BCUT2D eigenvalue weighted by atomic mass is 32.2. The first-order chi connectivity index (χ1) is 9.21. The number of nitrogens with zero attached hydrogens (tertiary/aromatic N) is 1. The average Bonchev–Trinajstić information content (AvgIpc) is 2.35. The normalized spacial score (nSPS) is 11.6. The fourth-order valence-electron chi connectivity index (χ4n) is 1.60. The highest BCUT2D eigenvalue weighted by Crippen LogP contribution is 2.17. The maximum Gasteiger partial charge on any atom is 0.255 e. The summed E-state index contributed by atoms with van der Waals surface area (Å²) in [5.41, 5.74) is 1.10. The second-order valence-electron chi connectivity index (χ2n) is 4.71. The molecule has 1 rings (SSSR count). The number of benzene rings is 1. The molecule has 1 amide bonds. The quantitative estimate of drug-likeness (QED) is 0.758. The largest absolute Gasteiger partial charge is 0.507 e. The van der Waals surface area contributed by atoms with Gasteiger partial charge < -0.3 is 10.4 Å². The summed E-state index contributed by atoms with van der Waals surface area (Å²) >= 11 is 0. The molecule has 0 bridgehead atoms. The number of nitrogens with one attached hydrogen (secondary N) is 1. The van der Waals surface area contributed by atoms with Gasteiger partial charge in [-0.1, -0.05) is 11.6 Å². The van der Waals surface area contributed by atoms with Crippen LogP contribution in [0.2, 0.25) is 0 Å². The van der Waals surface area contributed by atoms with Crippen molar-refractivity contribution in [3.63, 3.8) is 0 Å². The van der Waals surface area contributed by atoms with Gasteiger partial charge in [0.2, 0.25) is 10.0 Å². The lowest BCUT2D eigenvalue weighted by molar-refractivity contribution is 0.0950. The van der Waals surface area contributed by atoms with Crippen LogP contribution in [0.15, 0.2) is 18.2 Å². The predicted molar refractivity (Wildman–Crippen MR) is 77.3 cm³/mol. The zero-order chi connectivity index (χ0) is 15.3. The number of carbonyl (C=O) groups is 1. The number of phenolic OH excluding ortho intramolecular Hbond substituents is 1. The van der Waals surface area contributed by atoms with Gasteiger partial charge in [-0.05, 0) is 25.5 Å². The van der Waals surface area contributed by atoms with E-state index < -0.39 is 10.0 Å². The van der Waals surface area contributed by atoms with Crippen molar-refractivity contribution in [3.8, 4) is 5.75 Å². The Kier molecular flexibility index (Phi) is 5.52. The van der Waals surface area contributed by atoms with Crippen molar-refractivity contribution in [3.05, 3.63) is 29.3 Å². The van der Waals surface area contributed by atoms with E-state index in [9.17, 15) is 18.3 Å². The molecule has 0 unspecified atom stereocenters. The zero-order valence-corrected chi connectivity index (χ0v) is 12.7. The smallest absolute Gasteiger partial charge is 0.255 e. The first kappa shape index (κ1) is 16.5. The van der Waals surface area contributed by atoms with Crippen molar-refractivity contribution in [1.29, 1.82) is 0 Å². The van der Waals surface area contributed by atoms with Crippen LogP contribution in [0, 0.1) is 6.92 Å². The fourth-order valence-corrected chi connectivity index (χ4v) is 2.06. The minimum Gasteiger partial charge on any atom is -0.507 e. The Bertz CT molecular complexity index is 584. The van der Waals surface area contributed by atoms with Gasteiger partial charge >= 0.3 is 0 Å². The lowest BCUT2D eigenvalue weighted by Crippen LogP contribution is -2.31. The molecule has 0 atom stereocenters. The van der Waals surface area contributed by atoms with Crippen molar-refractivity contribution >= 4 is 15.9 Å². The van der Waals surface area contributed by atoms with Crippen LogP contribution in [0.3, 0.4) is 0 Å².